The third-order valence-corrected chi connectivity index (χ3v) is 7.69. The second-order valence-corrected chi connectivity index (χ2v) is 11.3. The molecule has 1 saturated carbocycles. The van der Waals surface area contributed by atoms with Gasteiger partial charge in [0.25, 0.3) is 5.91 Å². The van der Waals surface area contributed by atoms with Gasteiger partial charge in [0.15, 0.2) is 5.76 Å². The van der Waals surface area contributed by atoms with E-state index in [2.05, 4.69) is 40.0 Å². The molecule has 0 spiro atoms. The van der Waals surface area contributed by atoms with Crippen LogP contribution >= 0.6 is 15.9 Å². The van der Waals surface area contributed by atoms with E-state index in [1.807, 2.05) is 24.3 Å². The highest BCUT2D eigenvalue weighted by Gasteiger charge is 2.42. The molecule has 1 aliphatic carbocycles. The van der Waals surface area contributed by atoms with Gasteiger partial charge in [-0.3, -0.25) is 9.59 Å². The predicted octanol–water partition coefficient (Wildman–Crippen LogP) is 4.44. The smallest absolute Gasteiger partial charge is 0.289 e. The molecule has 0 aromatic heterocycles. The summed E-state index contributed by atoms with van der Waals surface area (Å²) in [6, 6.07) is 7.76. The summed E-state index contributed by atoms with van der Waals surface area (Å²) in [6.45, 7) is 8.69. The first kappa shape index (κ1) is 25.2. The molecule has 1 aromatic carbocycles. The van der Waals surface area contributed by atoms with Crippen molar-refractivity contribution in [2.45, 2.75) is 64.5 Å². The number of amides is 2. The summed E-state index contributed by atoms with van der Waals surface area (Å²) in [5, 5.41) is 3.05. The van der Waals surface area contributed by atoms with Gasteiger partial charge in [-0.2, -0.15) is 0 Å². The van der Waals surface area contributed by atoms with Crippen LogP contribution in [0.15, 0.2) is 34.5 Å². The molecule has 6 nitrogen and oxygen atoms in total. The van der Waals surface area contributed by atoms with Gasteiger partial charge >= 0.3 is 0 Å². The number of carbonyl (C=O) groups is 2. The van der Waals surface area contributed by atoms with Crippen molar-refractivity contribution in [3.63, 3.8) is 0 Å². The summed E-state index contributed by atoms with van der Waals surface area (Å²) in [4.78, 5) is 30.4. The number of ether oxygens (including phenoxy) is 1. The molecule has 0 bridgehead atoms. The predicted molar refractivity (Wildman–Crippen MR) is 138 cm³/mol. The molecule has 4 unspecified atom stereocenters. The Morgan fingerprint density at radius 3 is 2.74 bits per heavy atom. The van der Waals surface area contributed by atoms with Crippen molar-refractivity contribution in [2.24, 2.45) is 11.8 Å². The standard InChI is InChI=1S/C27H38BrN3O3/c1-19-13-20(2)17-30(16-19)12-6-11-29-26(32)18-31-23-9-3-4-10-24(23)34-25(27(31)33)15-21-7-5-8-22(28)14-21/h5,7-8,14-15,19-20,23-24H,3-4,6,9-13,16-18H2,1-2H3,(H,29,32)/b25-15+. The minimum atomic E-state index is -0.186. The Morgan fingerprint density at radius 1 is 1.21 bits per heavy atom. The summed E-state index contributed by atoms with van der Waals surface area (Å²) in [7, 11) is 0. The van der Waals surface area contributed by atoms with Crippen LogP contribution in [0.3, 0.4) is 0 Å². The molecule has 3 fully saturated rings. The zero-order valence-corrected chi connectivity index (χ0v) is 22.1. The average molecular weight is 533 g/mol. The Morgan fingerprint density at radius 2 is 1.97 bits per heavy atom. The minimum absolute atomic E-state index is 0.0250. The molecule has 2 amide bonds. The van der Waals surface area contributed by atoms with Crippen LogP contribution in [0.25, 0.3) is 6.08 Å². The number of nitrogens with one attached hydrogen (secondary N) is 1. The van der Waals surface area contributed by atoms with E-state index >= 15 is 0 Å². The third kappa shape index (κ3) is 6.63. The van der Waals surface area contributed by atoms with Gasteiger partial charge < -0.3 is 19.9 Å². The average Bonchev–Trinajstić information content (AvgIpc) is 2.79. The Balaban J connectivity index is 1.34. The molecular formula is C27H38BrN3O3. The van der Waals surface area contributed by atoms with Crippen LogP contribution in [-0.4, -0.2) is 66.5 Å². The molecule has 4 atom stereocenters. The maximum absolute atomic E-state index is 13.3. The second-order valence-electron chi connectivity index (χ2n) is 10.4. The molecular weight excluding hydrogens is 494 g/mol. The molecule has 3 aliphatic rings. The first-order valence-electron chi connectivity index (χ1n) is 12.8. The zero-order chi connectivity index (χ0) is 24.1. The summed E-state index contributed by atoms with van der Waals surface area (Å²) in [6.07, 6.45) is 7.95. The van der Waals surface area contributed by atoms with Crippen molar-refractivity contribution in [3.05, 3.63) is 40.1 Å². The van der Waals surface area contributed by atoms with E-state index in [1.54, 1.807) is 11.0 Å². The van der Waals surface area contributed by atoms with E-state index in [9.17, 15) is 9.59 Å². The SMILES string of the molecule is CC1CC(C)CN(CCCNC(=O)CN2C(=O)/C(=C\c3cccc(Br)c3)OC3CCCCC32)C1. The monoisotopic (exact) mass is 531 g/mol. The van der Waals surface area contributed by atoms with E-state index in [0.29, 0.717) is 12.3 Å². The molecule has 34 heavy (non-hydrogen) atoms. The van der Waals surface area contributed by atoms with Gasteiger partial charge in [0.1, 0.15) is 12.6 Å². The van der Waals surface area contributed by atoms with Gasteiger partial charge in [-0.1, -0.05) is 48.3 Å². The lowest BCUT2D eigenvalue weighted by atomic mass is 9.89. The number of likely N-dealkylation sites (tertiary alicyclic amines) is 1. The minimum Gasteiger partial charge on any atom is -0.482 e. The largest absolute Gasteiger partial charge is 0.482 e. The van der Waals surface area contributed by atoms with Crippen molar-refractivity contribution in [1.82, 2.24) is 15.1 Å². The number of morpholine rings is 1. The van der Waals surface area contributed by atoms with Crippen molar-refractivity contribution in [2.75, 3.05) is 32.7 Å². The fraction of sp³-hybridized carbons (Fsp3) is 0.630. The van der Waals surface area contributed by atoms with Crippen LogP contribution in [0.4, 0.5) is 0 Å². The zero-order valence-electron chi connectivity index (χ0n) is 20.5. The van der Waals surface area contributed by atoms with Crippen molar-refractivity contribution >= 4 is 33.8 Å². The van der Waals surface area contributed by atoms with Crippen LogP contribution < -0.4 is 5.32 Å². The summed E-state index contributed by atoms with van der Waals surface area (Å²) in [5.41, 5.74) is 0.901. The van der Waals surface area contributed by atoms with Crippen molar-refractivity contribution < 1.29 is 14.3 Å². The van der Waals surface area contributed by atoms with Crippen LogP contribution in [0.1, 0.15) is 57.9 Å². The molecule has 0 radical (unpaired) electrons. The quantitative estimate of drug-likeness (QED) is 0.417. The van der Waals surface area contributed by atoms with Gasteiger partial charge in [-0.25, -0.2) is 0 Å². The number of benzene rings is 1. The first-order chi connectivity index (χ1) is 16.4. The maximum Gasteiger partial charge on any atom is 0.289 e. The fourth-order valence-electron chi connectivity index (χ4n) is 5.83. The lowest BCUT2D eigenvalue weighted by molar-refractivity contribution is -0.151. The second kappa shape index (κ2) is 11.7. The van der Waals surface area contributed by atoms with E-state index in [-0.39, 0.29) is 30.5 Å². The summed E-state index contributed by atoms with van der Waals surface area (Å²) in [5.74, 6) is 1.56. The molecule has 2 aliphatic heterocycles. The van der Waals surface area contributed by atoms with E-state index in [4.69, 9.17) is 4.74 Å². The lowest BCUT2D eigenvalue weighted by Gasteiger charge is -2.44. The molecule has 2 saturated heterocycles. The lowest BCUT2D eigenvalue weighted by Crippen LogP contribution is -2.57. The number of hydrogen-bond donors (Lipinski definition) is 1. The van der Waals surface area contributed by atoms with E-state index in [0.717, 1.165) is 73.6 Å². The summed E-state index contributed by atoms with van der Waals surface area (Å²) < 4.78 is 7.11. The molecule has 1 N–H and O–H groups in total. The normalized spacial score (nSPS) is 29.0. The Labute approximate surface area is 212 Å². The van der Waals surface area contributed by atoms with Crippen LogP contribution in [0.2, 0.25) is 0 Å². The number of nitrogens with zero attached hydrogens (tertiary/aromatic N) is 2. The Bertz CT molecular complexity index is 895. The molecule has 1 aromatic rings. The number of rotatable bonds is 7. The molecule has 2 heterocycles. The van der Waals surface area contributed by atoms with E-state index in [1.165, 1.54) is 6.42 Å². The molecule has 7 heteroatoms. The van der Waals surface area contributed by atoms with Crippen LogP contribution in [-0.2, 0) is 14.3 Å². The van der Waals surface area contributed by atoms with Crippen LogP contribution in [0.5, 0.6) is 0 Å². The van der Waals surface area contributed by atoms with Crippen molar-refractivity contribution in [1.29, 1.82) is 0 Å². The Kier molecular flexibility index (Phi) is 8.70. The number of hydrogen-bond acceptors (Lipinski definition) is 4. The van der Waals surface area contributed by atoms with Gasteiger partial charge in [0, 0.05) is 24.1 Å². The fourth-order valence-corrected chi connectivity index (χ4v) is 6.24. The van der Waals surface area contributed by atoms with Crippen LogP contribution in [0, 0.1) is 11.8 Å². The highest BCUT2D eigenvalue weighted by molar-refractivity contribution is 9.10. The molecule has 186 valence electrons. The highest BCUT2D eigenvalue weighted by atomic mass is 79.9. The van der Waals surface area contributed by atoms with Gasteiger partial charge in [0.2, 0.25) is 5.91 Å². The van der Waals surface area contributed by atoms with Gasteiger partial charge in [0.05, 0.1) is 6.04 Å². The van der Waals surface area contributed by atoms with E-state index < -0.39 is 0 Å². The number of piperidine rings is 1. The number of carbonyl (C=O) groups excluding carboxylic acids is 2. The number of halogens is 1. The molecule has 4 rings (SSSR count). The maximum atomic E-state index is 13.3. The highest BCUT2D eigenvalue weighted by Crippen LogP contribution is 2.33. The first-order valence-corrected chi connectivity index (χ1v) is 13.6. The topological polar surface area (TPSA) is 61.9 Å². The third-order valence-electron chi connectivity index (χ3n) is 7.20. The summed E-state index contributed by atoms with van der Waals surface area (Å²) >= 11 is 3.48. The van der Waals surface area contributed by atoms with Crippen molar-refractivity contribution in [3.8, 4) is 0 Å². The number of fused-ring (bicyclic) bond motifs is 1. The van der Waals surface area contributed by atoms with Gasteiger partial charge in [-0.05, 0) is 74.3 Å². The van der Waals surface area contributed by atoms with Gasteiger partial charge in [-0.15, -0.1) is 0 Å². The Hall–Kier alpha value is -1.86.